The third-order valence-electron chi connectivity index (χ3n) is 2.32. The molecule has 1 rings (SSSR count). The van der Waals surface area contributed by atoms with Gasteiger partial charge in [0, 0.05) is 18.2 Å². The van der Waals surface area contributed by atoms with Gasteiger partial charge in [0.1, 0.15) is 5.75 Å². The van der Waals surface area contributed by atoms with Crippen molar-refractivity contribution in [1.82, 2.24) is 4.98 Å². The lowest BCUT2D eigenvalue weighted by Crippen LogP contribution is -2.25. The predicted molar refractivity (Wildman–Crippen MR) is 61.8 cm³/mol. The van der Waals surface area contributed by atoms with Crippen LogP contribution in [0.25, 0.3) is 0 Å². The maximum absolute atomic E-state index is 9.60. The minimum atomic E-state index is 0.0743. The molecule has 1 unspecified atom stereocenters. The third-order valence-corrected chi connectivity index (χ3v) is 2.32. The van der Waals surface area contributed by atoms with E-state index in [9.17, 15) is 5.11 Å². The monoisotopic (exact) mass is 208 g/mol. The Morgan fingerprint density at radius 3 is 2.67 bits per heavy atom. The zero-order valence-corrected chi connectivity index (χ0v) is 9.70. The zero-order chi connectivity index (χ0) is 11.4. The van der Waals surface area contributed by atoms with Crippen LogP contribution in [0.5, 0.6) is 5.75 Å². The van der Waals surface area contributed by atoms with Crippen molar-refractivity contribution in [3.63, 3.8) is 0 Å². The van der Waals surface area contributed by atoms with E-state index >= 15 is 0 Å². The number of hydrogen-bond acceptors (Lipinski definition) is 3. The lowest BCUT2D eigenvalue weighted by Gasteiger charge is -2.14. The van der Waals surface area contributed by atoms with E-state index in [-0.39, 0.29) is 11.8 Å². The van der Waals surface area contributed by atoms with Crippen molar-refractivity contribution in [3.05, 3.63) is 23.5 Å². The van der Waals surface area contributed by atoms with Gasteiger partial charge >= 0.3 is 0 Å². The van der Waals surface area contributed by atoms with Crippen LogP contribution in [0.3, 0.4) is 0 Å². The summed E-state index contributed by atoms with van der Waals surface area (Å²) in [7, 11) is 0. The van der Waals surface area contributed by atoms with Gasteiger partial charge in [0.2, 0.25) is 0 Å². The largest absolute Gasteiger partial charge is 0.506 e. The minimum Gasteiger partial charge on any atom is -0.506 e. The molecule has 0 spiro atoms. The summed E-state index contributed by atoms with van der Waals surface area (Å²) in [5.74, 6) is 0.826. The smallest absolute Gasteiger partial charge is 0.137 e. The van der Waals surface area contributed by atoms with Gasteiger partial charge in [-0.25, -0.2) is 0 Å². The Hall–Kier alpha value is -1.09. The van der Waals surface area contributed by atoms with Crippen LogP contribution >= 0.6 is 0 Å². The molecule has 3 heteroatoms. The Balaban J connectivity index is 2.67. The first kappa shape index (κ1) is 12.0. The topological polar surface area (TPSA) is 59.1 Å². The van der Waals surface area contributed by atoms with Crippen LogP contribution in [-0.4, -0.2) is 16.1 Å². The van der Waals surface area contributed by atoms with Crippen LogP contribution in [0.1, 0.15) is 31.7 Å². The molecule has 1 atom stereocenters. The highest BCUT2D eigenvalue weighted by atomic mass is 16.3. The Morgan fingerprint density at radius 2 is 2.07 bits per heavy atom. The molecule has 1 aromatic rings. The first-order chi connectivity index (χ1) is 6.99. The fourth-order valence-electron chi connectivity index (χ4n) is 1.69. The summed E-state index contributed by atoms with van der Waals surface area (Å²) in [6.07, 6.45) is 1.60. The Bertz CT molecular complexity index is 323. The molecule has 0 aliphatic rings. The number of hydrogen-bond donors (Lipinski definition) is 2. The van der Waals surface area contributed by atoms with Gasteiger partial charge in [0.05, 0.1) is 5.69 Å². The molecule has 0 radical (unpaired) electrons. The Morgan fingerprint density at radius 1 is 1.40 bits per heavy atom. The fraction of sp³-hybridized carbons (Fsp3) is 0.583. The lowest BCUT2D eigenvalue weighted by molar-refractivity contribution is 0.446. The highest BCUT2D eigenvalue weighted by Crippen LogP contribution is 2.17. The standard InChI is InChI=1S/C12H20N2O/c1-8(2)6-10(13)7-11-12(15)5-4-9(3)14-11/h4-5,8,10,15H,6-7,13H2,1-3H3. The number of nitrogens with zero attached hydrogens (tertiary/aromatic N) is 1. The molecule has 0 aliphatic heterocycles. The van der Waals surface area contributed by atoms with Crippen molar-refractivity contribution in [1.29, 1.82) is 0 Å². The summed E-state index contributed by atoms with van der Waals surface area (Å²) in [6.45, 7) is 6.20. The summed E-state index contributed by atoms with van der Waals surface area (Å²) in [6, 6.07) is 3.55. The predicted octanol–water partition coefficient (Wildman–Crippen LogP) is 2.01. The number of pyridine rings is 1. The molecule has 0 aromatic carbocycles. The molecule has 3 nitrogen and oxygen atoms in total. The van der Waals surface area contributed by atoms with Gasteiger partial charge in [0.15, 0.2) is 0 Å². The molecule has 15 heavy (non-hydrogen) atoms. The van der Waals surface area contributed by atoms with Crippen molar-refractivity contribution in [2.45, 2.75) is 39.7 Å². The first-order valence-electron chi connectivity index (χ1n) is 5.40. The summed E-state index contributed by atoms with van der Waals surface area (Å²) in [4.78, 5) is 4.29. The Kier molecular flexibility index (Phi) is 4.09. The number of aryl methyl sites for hydroxylation is 1. The van der Waals surface area contributed by atoms with E-state index in [4.69, 9.17) is 5.73 Å². The van der Waals surface area contributed by atoms with Gasteiger partial charge in [0.25, 0.3) is 0 Å². The highest BCUT2D eigenvalue weighted by Gasteiger charge is 2.10. The average Bonchev–Trinajstić information content (AvgIpc) is 2.10. The summed E-state index contributed by atoms with van der Waals surface area (Å²) >= 11 is 0. The van der Waals surface area contributed by atoms with Gasteiger partial charge in [-0.15, -0.1) is 0 Å². The van der Waals surface area contributed by atoms with Crippen LogP contribution in [-0.2, 0) is 6.42 Å². The van der Waals surface area contributed by atoms with Gasteiger partial charge in [-0.3, -0.25) is 4.98 Å². The minimum absolute atomic E-state index is 0.0743. The second-order valence-electron chi connectivity index (χ2n) is 4.51. The first-order valence-corrected chi connectivity index (χ1v) is 5.40. The van der Waals surface area contributed by atoms with Crippen molar-refractivity contribution in [3.8, 4) is 5.75 Å². The molecule has 0 aliphatic carbocycles. The average molecular weight is 208 g/mol. The van der Waals surface area contributed by atoms with E-state index < -0.39 is 0 Å². The van der Waals surface area contributed by atoms with Crippen molar-refractivity contribution < 1.29 is 5.11 Å². The highest BCUT2D eigenvalue weighted by molar-refractivity contribution is 5.28. The SMILES string of the molecule is Cc1ccc(O)c(CC(N)CC(C)C)n1. The molecule has 0 amide bonds. The summed E-state index contributed by atoms with van der Waals surface area (Å²) < 4.78 is 0. The third kappa shape index (κ3) is 3.88. The lowest BCUT2D eigenvalue weighted by atomic mass is 10.00. The molecule has 0 saturated heterocycles. The molecular formula is C12H20N2O. The molecule has 0 saturated carbocycles. The molecular weight excluding hydrogens is 188 g/mol. The van der Waals surface area contributed by atoms with Crippen LogP contribution in [0.15, 0.2) is 12.1 Å². The van der Waals surface area contributed by atoms with Gasteiger partial charge in [-0.2, -0.15) is 0 Å². The van der Waals surface area contributed by atoms with Gasteiger partial charge in [-0.1, -0.05) is 13.8 Å². The van der Waals surface area contributed by atoms with Crippen LogP contribution < -0.4 is 5.73 Å². The van der Waals surface area contributed by atoms with E-state index in [0.717, 1.165) is 12.1 Å². The van der Waals surface area contributed by atoms with E-state index in [2.05, 4.69) is 18.8 Å². The molecule has 3 N–H and O–H groups in total. The van der Waals surface area contributed by atoms with E-state index in [1.54, 1.807) is 12.1 Å². The maximum Gasteiger partial charge on any atom is 0.137 e. The summed E-state index contributed by atoms with van der Waals surface area (Å²) in [5, 5.41) is 9.60. The van der Waals surface area contributed by atoms with Gasteiger partial charge < -0.3 is 10.8 Å². The molecule has 0 fully saturated rings. The number of rotatable bonds is 4. The quantitative estimate of drug-likeness (QED) is 0.795. The van der Waals surface area contributed by atoms with Crippen molar-refractivity contribution in [2.24, 2.45) is 11.7 Å². The van der Waals surface area contributed by atoms with Gasteiger partial charge in [-0.05, 0) is 31.4 Å². The number of nitrogens with two attached hydrogens (primary N) is 1. The van der Waals surface area contributed by atoms with Crippen LogP contribution in [0, 0.1) is 12.8 Å². The number of aromatic nitrogens is 1. The fourth-order valence-corrected chi connectivity index (χ4v) is 1.69. The number of aromatic hydroxyl groups is 1. The van der Waals surface area contributed by atoms with E-state index in [1.165, 1.54) is 0 Å². The normalized spacial score (nSPS) is 13.1. The van der Waals surface area contributed by atoms with Crippen LogP contribution in [0.2, 0.25) is 0 Å². The van der Waals surface area contributed by atoms with E-state index in [1.807, 2.05) is 6.92 Å². The second-order valence-corrected chi connectivity index (χ2v) is 4.51. The van der Waals surface area contributed by atoms with Crippen molar-refractivity contribution >= 4 is 0 Å². The zero-order valence-electron chi connectivity index (χ0n) is 9.70. The van der Waals surface area contributed by atoms with Crippen molar-refractivity contribution in [2.75, 3.05) is 0 Å². The molecule has 1 aromatic heterocycles. The van der Waals surface area contributed by atoms with E-state index in [0.29, 0.717) is 18.0 Å². The second kappa shape index (κ2) is 5.12. The molecule has 84 valence electrons. The Labute approximate surface area is 91.3 Å². The molecule has 1 heterocycles. The van der Waals surface area contributed by atoms with Crippen LogP contribution in [0.4, 0.5) is 0 Å². The maximum atomic E-state index is 9.60. The molecule has 0 bridgehead atoms. The summed E-state index contributed by atoms with van der Waals surface area (Å²) in [5.41, 5.74) is 7.60.